The third kappa shape index (κ3) is 6.98. The number of hydrogen-bond donors (Lipinski definition) is 3. The molecule has 0 spiro atoms. The average molecular weight is 454 g/mol. The van der Waals surface area contributed by atoms with Crippen LogP contribution < -0.4 is 10.2 Å². The number of carboxylic acid groups (broad SMARTS) is 2. The normalized spacial score (nSPS) is 13.6. The van der Waals surface area contributed by atoms with Gasteiger partial charge < -0.3 is 25.2 Å². The molecule has 2 aromatic carbocycles. The van der Waals surface area contributed by atoms with Crippen molar-refractivity contribution >= 4 is 29.2 Å². The maximum absolute atomic E-state index is 12.3. The number of aryl methyl sites for hydroxylation is 1. The number of carbonyl (C=O) groups excluding carboxylic acids is 1. The van der Waals surface area contributed by atoms with Gasteiger partial charge in [0.15, 0.2) is 0 Å². The molecule has 0 bridgehead atoms. The lowest BCUT2D eigenvalue weighted by atomic mass is 10.1. The van der Waals surface area contributed by atoms with Gasteiger partial charge in [-0.05, 0) is 37.3 Å². The topological polar surface area (TPSA) is 116 Å². The minimum absolute atomic E-state index is 0.170. The lowest BCUT2D eigenvalue weighted by Gasteiger charge is -2.30. The number of anilines is 2. The van der Waals surface area contributed by atoms with Crippen LogP contribution in [-0.4, -0.2) is 60.5 Å². The van der Waals surface area contributed by atoms with Gasteiger partial charge in [-0.1, -0.05) is 17.7 Å². The van der Waals surface area contributed by atoms with Crippen molar-refractivity contribution in [3.63, 3.8) is 0 Å². The van der Waals surface area contributed by atoms with Crippen LogP contribution in [0.2, 0.25) is 0 Å². The zero-order valence-electron chi connectivity index (χ0n) is 17.0. The Bertz CT molecular complexity index is 988. The second kappa shape index (κ2) is 10.6. The van der Waals surface area contributed by atoms with Crippen LogP contribution in [0.25, 0.3) is 0 Å². The summed E-state index contributed by atoms with van der Waals surface area (Å²) in [6.45, 7) is 4.36. The molecule has 0 aromatic heterocycles. The third-order valence-corrected chi connectivity index (χ3v) is 4.36. The van der Waals surface area contributed by atoms with E-state index in [9.17, 15) is 27.9 Å². The van der Waals surface area contributed by atoms with E-state index in [1.165, 1.54) is 6.07 Å². The molecule has 8 nitrogen and oxygen atoms in total. The number of benzene rings is 2. The summed E-state index contributed by atoms with van der Waals surface area (Å²) in [6.07, 6.45) is -5.08. The van der Waals surface area contributed by atoms with E-state index in [1.54, 1.807) is 24.3 Å². The fourth-order valence-corrected chi connectivity index (χ4v) is 2.85. The molecule has 1 saturated heterocycles. The quantitative estimate of drug-likeness (QED) is 0.648. The van der Waals surface area contributed by atoms with Gasteiger partial charge in [-0.3, -0.25) is 4.79 Å². The van der Waals surface area contributed by atoms with Crippen LogP contribution in [0, 0.1) is 6.92 Å². The highest BCUT2D eigenvalue weighted by Gasteiger charge is 2.38. The first-order valence-electron chi connectivity index (χ1n) is 9.37. The highest BCUT2D eigenvalue weighted by atomic mass is 19.4. The Morgan fingerprint density at radius 3 is 2.19 bits per heavy atom. The van der Waals surface area contributed by atoms with Gasteiger partial charge in [-0.15, -0.1) is 0 Å². The first-order chi connectivity index (χ1) is 15.0. The monoisotopic (exact) mass is 454 g/mol. The summed E-state index contributed by atoms with van der Waals surface area (Å²) in [5.41, 5.74) is 2.80. The number of alkyl halides is 3. The molecule has 0 aliphatic carbocycles. The van der Waals surface area contributed by atoms with Gasteiger partial charge in [0.1, 0.15) is 0 Å². The molecule has 1 heterocycles. The summed E-state index contributed by atoms with van der Waals surface area (Å²) in [7, 11) is 0. The average Bonchev–Trinajstić information content (AvgIpc) is 2.74. The Kier molecular flexibility index (Phi) is 8.19. The smallest absolute Gasteiger partial charge is 0.478 e. The van der Waals surface area contributed by atoms with Gasteiger partial charge >= 0.3 is 18.1 Å². The second-order valence-corrected chi connectivity index (χ2v) is 6.76. The highest BCUT2D eigenvalue weighted by molar-refractivity contribution is 6.05. The Balaban J connectivity index is 0.000000451. The molecule has 3 rings (SSSR count). The van der Waals surface area contributed by atoms with Crippen molar-refractivity contribution in [2.75, 3.05) is 36.5 Å². The van der Waals surface area contributed by atoms with E-state index >= 15 is 0 Å². The molecule has 11 heteroatoms. The van der Waals surface area contributed by atoms with Crippen molar-refractivity contribution in [2.45, 2.75) is 13.1 Å². The van der Waals surface area contributed by atoms with Crippen molar-refractivity contribution in [1.29, 1.82) is 0 Å². The maximum Gasteiger partial charge on any atom is 0.490 e. The lowest BCUT2D eigenvalue weighted by Crippen LogP contribution is -2.37. The maximum atomic E-state index is 12.3. The number of carboxylic acids is 2. The Morgan fingerprint density at radius 2 is 1.66 bits per heavy atom. The van der Waals surface area contributed by atoms with Crippen molar-refractivity contribution in [2.24, 2.45) is 0 Å². The van der Waals surface area contributed by atoms with Gasteiger partial charge in [-0.25, -0.2) is 9.59 Å². The third-order valence-electron chi connectivity index (χ3n) is 4.36. The van der Waals surface area contributed by atoms with Crippen LogP contribution in [0.3, 0.4) is 0 Å². The van der Waals surface area contributed by atoms with Crippen molar-refractivity contribution < 1.29 is 42.5 Å². The molecule has 3 N–H and O–H groups in total. The van der Waals surface area contributed by atoms with Gasteiger partial charge in [0.05, 0.1) is 24.5 Å². The molecule has 0 atom stereocenters. The standard InChI is InChI=1S/C19H20N2O4.C2HF3O2/c1-13-3-2-4-14(11-13)18(22)20-15-5-6-17(16(12-15)19(23)24)21-7-9-25-10-8-21;3-2(4,5)1(6)7/h2-6,11-12H,7-10H2,1H3,(H,20,22)(H,23,24);(H,6,7). The molecule has 0 radical (unpaired) electrons. The number of amides is 1. The number of carbonyl (C=O) groups is 3. The van der Waals surface area contributed by atoms with Crippen LogP contribution in [0.4, 0.5) is 24.5 Å². The summed E-state index contributed by atoms with van der Waals surface area (Å²) < 4.78 is 37.0. The largest absolute Gasteiger partial charge is 0.490 e. The molecule has 2 aromatic rings. The summed E-state index contributed by atoms with van der Waals surface area (Å²) >= 11 is 0. The van der Waals surface area contributed by atoms with Crippen LogP contribution in [0.15, 0.2) is 42.5 Å². The van der Waals surface area contributed by atoms with E-state index in [-0.39, 0.29) is 11.5 Å². The van der Waals surface area contributed by atoms with E-state index in [4.69, 9.17) is 14.6 Å². The number of halogens is 3. The number of aromatic carboxylic acids is 1. The molecule has 1 aliphatic rings. The van der Waals surface area contributed by atoms with Crippen molar-refractivity contribution in [3.8, 4) is 0 Å². The zero-order valence-corrected chi connectivity index (χ0v) is 17.0. The fraction of sp³-hybridized carbons (Fsp3) is 0.286. The van der Waals surface area contributed by atoms with Crippen LogP contribution in [-0.2, 0) is 9.53 Å². The number of ether oxygens (including phenoxy) is 1. The van der Waals surface area contributed by atoms with Crippen LogP contribution in [0.1, 0.15) is 26.3 Å². The van der Waals surface area contributed by atoms with E-state index in [0.29, 0.717) is 43.2 Å². The predicted octanol–water partition coefficient (Wildman–Crippen LogP) is 3.42. The summed E-state index contributed by atoms with van der Waals surface area (Å²) in [5.74, 6) is -4.04. The van der Waals surface area contributed by atoms with Crippen LogP contribution in [0.5, 0.6) is 0 Å². The highest BCUT2D eigenvalue weighted by Crippen LogP contribution is 2.26. The Morgan fingerprint density at radius 1 is 1.03 bits per heavy atom. The second-order valence-electron chi connectivity index (χ2n) is 6.76. The number of morpholine rings is 1. The molecular weight excluding hydrogens is 433 g/mol. The summed E-state index contributed by atoms with van der Waals surface area (Å²) in [5, 5.41) is 19.4. The van der Waals surface area contributed by atoms with E-state index in [0.717, 1.165) is 5.56 Å². The van der Waals surface area contributed by atoms with E-state index in [2.05, 4.69) is 5.32 Å². The summed E-state index contributed by atoms with van der Waals surface area (Å²) in [4.78, 5) is 34.9. The Hall–Kier alpha value is -3.60. The molecule has 172 valence electrons. The number of rotatable bonds is 4. The fourth-order valence-electron chi connectivity index (χ4n) is 2.85. The SMILES string of the molecule is Cc1cccc(C(=O)Nc2ccc(N3CCOCC3)c(C(=O)O)c2)c1.O=C(O)C(F)(F)F. The Labute approximate surface area is 181 Å². The molecule has 32 heavy (non-hydrogen) atoms. The lowest BCUT2D eigenvalue weighted by molar-refractivity contribution is -0.192. The van der Waals surface area contributed by atoms with E-state index < -0.39 is 18.1 Å². The van der Waals surface area contributed by atoms with E-state index in [1.807, 2.05) is 24.0 Å². The van der Waals surface area contributed by atoms with Crippen molar-refractivity contribution in [1.82, 2.24) is 0 Å². The van der Waals surface area contributed by atoms with Crippen LogP contribution >= 0.6 is 0 Å². The first kappa shape index (κ1) is 24.7. The molecule has 1 fully saturated rings. The zero-order chi connectivity index (χ0) is 23.9. The molecule has 1 aliphatic heterocycles. The molecule has 0 saturated carbocycles. The predicted molar refractivity (Wildman–Crippen MR) is 109 cm³/mol. The first-order valence-corrected chi connectivity index (χ1v) is 9.37. The number of aliphatic carboxylic acids is 1. The summed E-state index contributed by atoms with van der Waals surface area (Å²) in [6, 6.07) is 12.2. The number of nitrogens with zero attached hydrogens (tertiary/aromatic N) is 1. The van der Waals surface area contributed by atoms with Crippen molar-refractivity contribution in [3.05, 3.63) is 59.2 Å². The van der Waals surface area contributed by atoms with Gasteiger partial charge in [0.25, 0.3) is 5.91 Å². The molecule has 0 unspecified atom stereocenters. The van der Waals surface area contributed by atoms with Gasteiger partial charge in [-0.2, -0.15) is 13.2 Å². The van der Waals surface area contributed by atoms with Gasteiger partial charge in [0.2, 0.25) is 0 Å². The minimum Gasteiger partial charge on any atom is -0.478 e. The molecular formula is C21H21F3N2O6. The minimum atomic E-state index is -5.08. The number of hydrogen-bond acceptors (Lipinski definition) is 5. The number of nitrogens with one attached hydrogen (secondary N) is 1. The molecule has 1 amide bonds. The van der Waals surface area contributed by atoms with Gasteiger partial charge in [0, 0.05) is 24.3 Å².